The van der Waals surface area contributed by atoms with Crippen LogP contribution in [0.25, 0.3) is 50.2 Å². The molecule has 1 spiro atoms. The van der Waals surface area contributed by atoms with Crippen molar-refractivity contribution in [3.63, 3.8) is 0 Å². The summed E-state index contributed by atoms with van der Waals surface area (Å²) in [5.41, 5.74) is 22.4. The lowest BCUT2D eigenvalue weighted by Gasteiger charge is -2.31. The summed E-state index contributed by atoms with van der Waals surface area (Å²) in [4.78, 5) is 2.41. The normalized spacial score (nSPS) is 14.6. The first-order valence-corrected chi connectivity index (χ1v) is 20.6. The molecule has 0 saturated heterocycles. The van der Waals surface area contributed by atoms with E-state index in [-0.39, 0.29) is 10.8 Å². The summed E-state index contributed by atoms with van der Waals surface area (Å²) in [5, 5.41) is 0. The fourth-order valence-electron chi connectivity index (χ4n) is 10.6. The predicted octanol–water partition coefficient (Wildman–Crippen LogP) is 14.9. The first-order valence-electron chi connectivity index (χ1n) is 20.6. The van der Waals surface area contributed by atoms with Crippen molar-refractivity contribution in [3.8, 4) is 44.5 Å². The maximum Gasteiger partial charge on any atom is 0.0725 e. The summed E-state index contributed by atoms with van der Waals surface area (Å²) in [6.07, 6.45) is 8.12. The zero-order valence-corrected chi connectivity index (χ0v) is 33.4. The second kappa shape index (κ2) is 13.4. The molecule has 59 heavy (non-hydrogen) atoms. The zero-order chi connectivity index (χ0) is 39.7. The number of nitrogens with zero attached hydrogens (tertiary/aromatic N) is 1. The van der Waals surface area contributed by atoms with Crippen molar-refractivity contribution >= 4 is 17.1 Å². The van der Waals surface area contributed by atoms with E-state index in [1.165, 1.54) is 77.9 Å². The molecule has 280 valence electrons. The van der Waals surface area contributed by atoms with Crippen molar-refractivity contribution in [2.75, 3.05) is 4.90 Å². The van der Waals surface area contributed by atoms with Crippen molar-refractivity contribution in [1.29, 1.82) is 0 Å². The third-order valence-corrected chi connectivity index (χ3v) is 13.1. The van der Waals surface area contributed by atoms with Crippen molar-refractivity contribution in [2.45, 2.75) is 24.7 Å². The number of fused-ring (bicyclic) bond motifs is 13. The van der Waals surface area contributed by atoms with Gasteiger partial charge >= 0.3 is 0 Å². The number of anilines is 2. The average Bonchev–Trinajstić information content (AvgIpc) is 3.85. The van der Waals surface area contributed by atoms with Crippen LogP contribution in [0.5, 0.6) is 0 Å². The monoisotopic (exact) mass is 753 g/mol. The number of allylic oxidation sites excluding steroid dienone is 4. The third kappa shape index (κ3) is 5.04. The van der Waals surface area contributed by atoms with E-state index in [1.54, 1.807) is 0 Å². The van der Waals surface area contributed by atoms with Crippen LogP contribution in [-0.4, -0.2) is 0 Å². The van der Waals surface area contributed by atoms with Gasteiger partial charge in [0.2, 0.25) is 0 Å². The Morgan fingerprint density at radius 2 is 0.949 bits per heavy atom. The van der Waals surface area contributed by atoms with Crippen LogP contribution in [0.4, 0.5) is 11.4 Å². The minimum Gasteiger partial charge on any atom is -0.310 e. The molecule has 0 saturated carbocycles. The van der Waals surface area contributed by atoms with Crippen LogP contribution in [0.2, 0.25) is 0 Å². The van der Waals surface area contributed by atoms with Crippen molar-refractivity contribution in [2.24, 2.45) is 0 Å². The summed E-state index contributed by atoms with van der Waals surface area (Å²) < 4.78 is 0. The highest BCUT2D eigenvalue weighted by Crippen LogP contribution is 2.64. The molecule has 3 aliphatic carbocycles. The Kier molecular flexibility index (Phi) is 7.97. The van der Waals surface area contributed by atoms with E-state index in [4.69, 9.17) is 0 Å². The minimum atomic E-state index is -0.374. The largest absolute Gasteiger partial charge is 0.310 e. The van der Waals surface area contributed by atoms with Gasteiger partial charge in [-0.05, 0) is 114 Å². The molecule has 0 bridgehead atoms. The number of hydrogen-bond acceptors (Lipinski definition) is 1. The summed E-state index contributed by atoms with van der Waals surface area (Å²) in [5.74, 6) is 0. The maximum absolute atomic E-state index is 3.96. The number of hydrogen-bond donors (Lipinski definition) is 0. The standard InChI is InChI=1S/C58H43N/c1-4-5-7-31-55(40-19-8-6-9-20-40)59(42-36-37-47-44-21-10-14-26-49(44)57(2,3)54(47)38-42)41-34-32-39(33-35-41)43-25-18-30-53-56(43)48-24-13-17-29-52(48)58(53)50-27-15-11-22-45(50)46-23-12-16-28-51(46)58/h4-38H,1H2,2-3H3/b7-5-,55-31+. The van der Waals surface area contributed by atoms with Crippen LogP contribution in [0.1, 0.15) is 52.8 Å². The van der Waals surface area contributed by atoms with Gasteiger partial charge in [-0.2, -0.15) is 0 Å². The molecule has 0 heterocycles. The molecule has 0 amide bonds. The molecule has 0 atom stereocenters. The molecule has 1 nitrogen and oxygen atoms in total. The second-order valence-corrected chi connectivity index (χ2v) is 16.4. The van der Waals surface area contributed by atoms with Crippen molar-refractivity contribution in [1.82, 2.24) is 0 Å². The van der Waals surface area contributed by atoms with Gasteiger partial charge in [0.25, 0.3) is 0 Å². The van der Waals surface area contributed by atoms with E-state index < -0.39 is 0 Å². The lowest BCUT2D eigenvalue weighted by atomic mass is 9.70. The summed E-state index contributed by atoms with van der Waals surface area (Å²) in [6.45, 7) is 8.66. The van der Waals surface area contributed by atoms with E-state index in [9.17, 15) is 0 Å². The first-order chi connectivity index (χ1) is 29.0. The highest BCUT2D eigenvalue weighted by Gasteiger charge is 2.52. The van der Waals surface area contributed by atoms with Gasteiger partial charge in [0.1, 0.15) is 0 Å². The van der Waals surface area contributed by atoms with Crippen molar-refractivity contribution in [3.05, 3.63) is 258 Å². The predicted molar refractivity (Wildman–Crippen MR) is 248 cm³/mol. The topological polar surface area (TPSA) is 3.24 Å². The van der Waals surface area contributed by atoms with Gasteiger partial charge in [-0.3, -0.25) is 0 Å². The van der Waals surface area contributed by atoms with Gasteiger partial charge in [0.15, 0.2) is 0 Å². The van der Waals surface area contributed by atoms with Crippen LogP contribution >= 0.6 is 0 Å². The molecule has 1 heteroatoms. The van der Waals surface area contributed by atoms with Crippen LogP contribution in [0, 0.1) is 0 Å². The number of rotatable bonds is 7. The Morgan fingerprint density at radius 3 is 1.61 bits per heavy atom. The summed E-state index contributed by atoms with van der Waals surface area (Å²) >= 11 is 0. The van der Waals surface area contributed by atoms with Gasteiger partial charge in [-0.25, -0.2) is 0 Å². The van der Waals surface area contributed by atoms with Crippen LogP contribution in [0.15, 0.2) is 219 Å². The van der Waals surface area contributed by atoms with E-state index in [0.717, 1.165) is 22.6 Å². The average molecular weight is 754 g/mol. The van der Waals surface area contributed by atoms with Crippen LogP contribution < -0.4 is 4.90 Å². The molecular formula is C58H43N. The second-order valence-electron chi connectivity index (χ2n) is 16.4. The fraction of sp³-hybridized carbons (Fsp3) is 0.0690. The molecule has 0 aliphatic heterocycles. The van der Waals surface area contributed by atoms with E-state index in [0.29, 0.717) is 0 Å². The summed E-state index contributed by atoms with van der Waals surface area (Å²) in [7, 11) is 0. The highest BCUT2D eigenvalue weighted by molar-refractivity contribution is 6.00. The minimum absolute atomic E-state index is 0.126. The Morgan fingerprint density at radius 1 is 0.441 bits per heavy atom. The quantitative estimate of drug-likeness (QED) is 0.147. The van der Waals surface area contributed by atoms with Crippen molar-refractivity contribution < 1.29 is 0 Å². The molecule has 0 unspecified atom stereocenters. The van der Waals surface area contributed by atoms with Gasteiger partial charge < -0.3 is 4.90 Å². The van der Waals surface area contributed by atoms with Gasteiger partial charge in [-0.15, -0.1) is 0 Å². The summed E-state index contributed by atoms with van der Waals surface area (Å²) in [6, 6.07) is 69.9. The van der Waals surface area contributed by atoms with Gasteiger partial charge in [-0.1, -0.05) is 202 Å². The lowest BCUT2D eigenvalue weighted by Crippen LogP contribution is -2.25. The molecule has 8 aromatic carbocycles. The molecule has 3 aliphatic rings. The SMILES string of the molecule is C=C/C=C\C=C(/c1ccccc1)N(c1ccc(-c2cccc3c2-c2ccccc2C32c3ccccc3-c3ccccc32)cc1)c1ccc2c(c1)C(C)(C)c1ccccc1-2. The molecule has 0 N–H and O–H groups in total. The third-order valence-electron chi connectivity index (χ3n) is 13.1. The van der Waals surface area contributed by atoms with E-state index >= 15 is 0 Å². The maximum atomic E-state index is 3.96. The Labute approximate surface area is 347 Å². The molecular weight excluding hydrogens is 711 g/mol. The molecule has 8 aromatic rings. The number of benzene rings is 8. The molecule has 0 aromatic heterocycles. The molecule has 11 rings (SSSR count). The Hall–Kier alpha value is -7.22. The zero-order valence-electron chi connectivity index (χ0n) is 33.4. The highest BCUT2D eigenvalue weighted by atomic mass is 15.1. The fourth-order valence-corrected chi connectivity index (χ4v) is 10.6. The van der Waals surface area contributed by atoms with E-state index in [1.807, 2.05) is 12.2 Å². The Balaban J connectivity index is 1.09. The molecule has 0 radical (unpaired) electrons. The lowest BCUT2D eigenvalue weighted by molar-refractivity contribution is 0.660. The van der Waals surface area contributed by atoms with Gasteiger partial charge in [0.05, 0.1) is 11.1 Å². The van der Waals surface area contributed by atoms with Crippen LogP contribution in [-0.2, 0) is 10.8 Å². The van der Waals surface area contributed by atoms with E-state index in [2.05, 4.69) is 226 Å². The smallest absolute Gasteiger partial charge is 0.0725 e. The van der Waals surface area contributed by atoms with Crippen LogP contribution in [0.3, 0.4) is 0 Å². The molecule has 0 fully saturated rings. The first kappa shape index (κ1) is 35.0. The Bertz CT molecular complexity index is 2980. The van der Waals surface area contributed by atoms with Gasteiger partial charge in [0, 0.05) is 16.8 Å².